The molecule has 1 amide bonds. The van der Waals surface area contributed by atoms with Crippen LogP contribution in [0, 0.1) is 11.6 Å². The third kappa shape index (κ3) is 7.74. The fraction of sp³-hybridized carbons (Fsp3) is 0.241. The molecular formula is C29H29F5N2O2. The van der Waals surface area contributed by atoms with E-state index in [1.54, 1.807) is 26.0 Å². The standard InChI is InChI=1S/C28H27F5N2O.CH2O/c1-3-20-11-7-12-21(26(20)30)25(18(2)34-16-15-19-9-5-4-6-10-19)27(36)35-17-22-23(28(31,32)33)13-8-14-24(22)29;1-2/h4-14,34H,3,15-17H2,1-2H3,(H,35,36);1H2/b25-18-;. The Kier molecular flexibility index (Phi) is 11.2. The number of halogens is 5. The first-order valence-corrected chi connectivity index (χ1v) is 11.8. The van der Waals surface area contributed by atoms with Crippen molar-refractivity contribution in [3.05, 3.63) is 112 Å². The number of nitrogens with one attached hydrogen (secondary N) is 2. The minimum atomic E-state index is -4.79. The molecule has 0 unspecified atom stereocenters. The number of carbonyl (C=O) groups excluding carboxylic acids is 2. The quantitative estimate of drug-likeness (QED) is 0.253. The van der Waals surface area contributed by atoms with Gasteiger partial charge in [-0.1, -0.05) is 61.5 Å². The van der Waals surface area contributed by atoms with E-state index in [1.807, 2.05) is 37.1 Å². The highest BCUT2D eigenvalue weighted by Crippen LogP contribution is 2.33. The van der Waals surface area contributed by atoms with Crippen molar-refractivity contribution in [1.82, 2.24) is 10.6 Å². The van der Waals surface area contributed by atoms with Gasteiger partial charge >= 0.3 is 6.18 Å². The molecule has 0 radical (unpaired) electrons. The summed E-state index contributed by atoms with van der Waals surface area (Å²) in [4.78, 5) is 21.2. The van der Waals surface area contributed by atoms with Crippen LogP contribution in [0.3, 0.4) is 0 Å². The van der Waals surface area contributed by atoms with Crippen LogP contribution < -0.4 is 10.6 Å². The molecule has 3 rings (SSSR count). The van der Waals surface area contributed by atoms with E-state index in [2.05, 4.69) is 10.6 Å². The van der Waals surface area contributed by atoms with Crippen LogP contribution in [0.15, 0.2) is 72.4 Å². The topological polar surface area (TPSA) is 58.2 Å². The molecule has 3 aromatic rings. The second kappa shape index (κ2) is 14.1. The van der Waals surface area contributed by atoms with E-state index in [9.17, 15) is 22.4 Å². The number of carbonyl (C=O) groups is 2. The van der Waals surface area contributed by atoms with Crippen LogP contribution in [0.5, 0.6) is 0 Å². The predicted molar refractivity (Wildman–Crippen MR) is 137 cm³/mol. The molecule has 202 valence electrons. The largest absolute Gasteiger partial charge is 0.416 e. The maximum atomic E-state index is 15.2. The molecule has 0 bridgehead atoms. The van der Waals surface area contributed by atoms with Gasteiger partial charge in [0.05, 0.1) is 11.1 Å². The molecular weight excluding hydrogens is 503 g/mol. The number of hydrogen-bond donors (Lipinski definition) is 2. The number of rotatable bonds is 9. The first-order chi connectivity index (χ1) is 18.1. The van der Waals surface area contributed by atoms with Crippen molar-refractivity contribution in [3.63, 3.8) is 0 Å². The summed E-state index contributed by atoms with van der Waals surface area (Å²) in [5.41, 5.74) is -0.104. The van der Waals surface area contributed by atoms with Crippen LogP contribution in [0.2, 0.25) is 0 Å². The lowest BCUT2D eigenvalue weighted by Crippen LogP contribution is -2.29. The van der Waals surface area contributed by atoms with Crippen LogP contribution in [0.1, 0.15) is 41.7 Å². The molecule has 0 saturated carbocycles. The molecule has 0 saturated heterocycles. The molecule has 0 heterocycles. The van der Waals surface area contributed by atoms with Gasteiger partial charge < -0.3 is 15.4 Å². The first kappa shape index (κ1) is 30.2. The van der Waals surface area contributed by atoms with Gasteiger partial charge in [-0.2, -0.15) is 13.2 Å². The Labute approximate surface area is 218 Å². The Morgan fingerprint density at radius 2 is 1.55 bits per heavy atom. The smallest absolute Gasteiger partial charge is 0.388 e. The van der Waals surface area contributed by atoms with E-state index in [0.717, 1.165) is 23.8 Å². The third-order valence-corrected chi connectivity index (χ3v) is 5.83. The van der Waals surface area contributed by atoms with Crippen molar-refractivity contribution in [2.24, 2.45) is 0 Å². The zero-order chi connectivity index (χ0) is 28.3. The van der Waals surface area contributed by atoms with Crippen molar-refractivity contribution >= 4 is 18.3 Å². The summed E-state index contributed by atoms with van der Waals surface area (Å²) in [5, 5.41) is 5.48. The molecule has 2 N–H and O–H groups in total. The van der Waals surface area contributed by atoms with E-state index >= 15 is 4.39 Å². The number of amides is 1. The second-order valence-electron chi connectivity index (χ2n) is 8.24. The molecule has 0 spiro atoms. The number of allylic oxidation sites excluding steroid dienone is 1. The molecule has 4 nitrogen and oxygen atoms in total. The third-order valence-electron chi connectivity index (χ3n) is 5.83. The summed E-state index contributed by atoms with van der Waals surface area (Å²) in [6, 6.07) is 16.9. The van der Waals surface area contributed by atoms with Gasteiger partial charge in [0.2, 0.25) is 0 Å². The Balaban J connectivity index is 0.00000247. The molecule has 0 atom stereocenters. The normalized spacial score (nSPS) is 11.7. The monoisotopic (exact) mass is 532 g/mol. The molecule has 38 heavy (non-hydrogen) atoms. The number of benzene rings is 3. The SMILES string of the molecule is C=O.CCc1cccc(/C(C(=O)NCc2c(F)cccc2C(F)(F)F)=C(\C)NCCc2ccccc2)c1F. The molecule has 0 aliphatic rings. The minimum absolute atomic E-state index is 0.0149. The minimum Gasteiger partial charge on any atom is -0.388 e. The number of alkyl halides is 3. The average Bonchev–Trinajstić information content (AvgIpc) is 2.90. The van der Waals surface area contributed by atoms with Crippen LogP contribution in [-0.4, -0.2) is 19.2 Å². The van der Waals surface area contributed by atoms with Crippen molar-refractivity contribution in [1.29, 1.82) is 0 Å². The highest BCUT2D eigenvalue weighted by Gasteiger charge is 2.34. The number of aryl methyl sites for hydroxylation is 1. The van der Waals surface area contributed by atoms with Crippen molar-refractivity contribution in [2.45, 2.75) is 39.4 Å². The first-order valence-electron chi connectivity index (χ1n) is 11.8. The highest BCUT2D eigenvalue weighted by atomic mass is 19.4. The highest BCUT2D eigenvalue weighted by molar-refractivity contribution is 6.20. The summed E-state index contributed by atoms with van der Waals surface area (Å²) in [5.74, 6) is -2.49. The zero-order valence-electron chi connectivity index (χ0n) is 21.1. The Bertz CT molecular complexity index is 1260. The molecule has 9 heteroatoms. The molecule has 3 aromatic carbocycles. The van der Waals surface area contributed by atoms with Crippen molar-refractivity contribution < 1.29 is 31.5 Å². The summed E-state index contributed by atoms with van der Waals surface area (Å²) in [6.45, 7) is 5.10. The Morgan fingerprint density at radius 1 is 0.895 bits per heavy atom. The van der Waals surface area contributed by atoms with Gasteiger partial charge in [0.15, 0.2) is 0 Å². The van der Waals surface area contributed by atoms with Crippen molar-refractivity contribution in [2.75, 3.05) is 6.54 Å². The maximum Gasteiger partial charge on any atom is 0.416 e. The van der Waals surface area contributed by atoms with Gasteiger partial charge in [0.25, 0.3) is 5.91 Å². The van der Waals surface area contributed by atoms with E-state index in [-0.39, 0.29) is 11.1 Å². The van der Waals surface area contributed by atoms with Crippen LogP contribution in [0.25, 0.3) is 5.57 Å². The van der Waals surface area contributed by atoms with Gasteiger partial charge in [-0.3, -0.25) is 4.79 Å². The lowest BCUT2D eigenvalue weighted by molar-refractivity contribution is -0.138. The van der Waals surface area contributed by atoms with Gasteiger partial charge in [0, 0.05) is 29.9 Å². The van der Waals surface area contributed by atoms with Crippen LogP contribution >= 0.6 is 0 Å². The summed E-state index contributed by atoms with van der Waals surface area (Å²) in [6.07, 6.45) is -3.77. The Hall–Kier alpha value is -4.01. The van der Waals surface area contributed by atoms with Gasteiger partial charge in [0.1, 0.15) is 18.4 Å². The van der Waals surface area contributed by atoms with E-state index < -0.39 is 41.4 Å². The lowest BCUT2D eigenvalue weighted by atomic mass is 9.98. The van der Waals surface area contributed by atoms with E-state index in [4.69, 9.17) is 4.79 Å². The fourth-order valence-electron chi connectivity index (χ4n) is 3.93. The zero-order valence-corrected chi connectivity index (χ0v) is 21.1. The van der Waals surface area contributed by atoms with Crippen LogP contribution in [-0.2, 0) is 35.2 Å². The lowest BCUT2D eigenvalue weighted by Gasteiger charge is -2.18. The maximum absolute atomic E-state index is 15.2. The summed E-state index contributed by atoms with van der Waals surface area (Å²) >= 11 is 0. The van der Waals surface area contributed by atoms with Crippen molar-refractivity contribution in [3.8, 4) is 0 Å². The molecule has 0 aliphatic carbocycles. The number of hydrogen-bond acceptors (Lipinski definition) is 3. The summed E-state index contributed by atoms with van der Waals surface area (Å²) in [7, 11) is 0. The second-order valence-corrected chi connectivity index (χ2v) is 8.24. The summed E-state index contributed by atoms with van der Waals surface area (Å²) < 4.78 is 69.6. The molecule has 0 aliphatic heterocycles. The van der Waals surface area contributed by atoms with Gasteiger partial charge in [-0.15, -0.1) is 0 Å². The molecule has 0 fully saturated rings. The molecule has 0 aromatic heterocycles. The van der Waals surface area contributed by atoms with Gasteiger partial charge in [-0.05, 0) is 43.0 Å². The van der Waals surface area contributed by atoms with Gasteiger partial charge in [-0.25, -0.2) is 8.78 Å². The van der Waals surface area contributed by atoms with E-state index in [0.29, 0.717) is 30.6 Å². The fourth-order valence-corrected chi connectivity index (χ4v) is 3.93. The Morgan fingerprint density at radius 3 is 2.18 bits per heavy atom. The predicted octanol–water partition coefficient (Wildman–Crippen LogP) is 6.24. The average molecular weight is 533 g/mol. The van der Waals surface area contributed by atoms with E-state index in [1.165, 1.54) is 6.07 Å². The van der Waals surface area contributed by atoms with Crippen LogP contribution in [0.4, 0.5) is 22.0 Å².